The summed E-state index contributed by atoms with van der Waals surface area (Å²) < 4.78 is 10.4. The highest BCUT2D eigenvalue weighted by molar-refractivity contribution is 6.46. The van der Waals surface area contributed by atoms with Crippen molar-refractivity contribution in [3.63, 3.8) is 0 Å². The molecule has 3 rings (SSSR count). The van der Waals surface area contributed by atoms with Gasteiger partial charge in [0.05, 0.1) is 44.9 Å². The van der Waals surface area contributed by atoms with Crippen LogP contribution in [0, 0.1) is 0 Å². The van der Waals surface area contributed by atoms with Crippen LogP contribution in [-0.2, 0) is 9.59 Å². The molecule has 7 nitrogen and oxygen atoms in total. The van der Waals surface area contributed by atoms with Crippen LogP contribution in [0.1, 0.15) is 37.4 Å². The smallest absolute Gasteiger partial charge is 0.295 e. The Kier molecular flexibility index (Phi) is 8.58. The molecule has 1 atom stereocenters. The second-order valence-electron chi connectivity index (χ2n) is 8.16. The van der Waals surface area contributed by atoms with Gasteiger partial charge in [0, 0.05) is 18.5 Å². The second kappa shape index (κ2) is 11.4. The van der Waals surface area contributed by atoms with Gasteiger partial charge in [-0.15, -0.1) is 0 Å². The summed E-state index contributed by atoms with van der Waals surface area (Å²) in [5.74, 6) is -0.873. The van der Waals surface area contributed by atoms with Gasteiger partial charge >= 0.3 is 0 Å². The van der Waals surface area contributed by atoms with E-state index >= 15 is 0 Å². The van der Waals surface area contributed by atoms with E-state index in [9.17, 15) is 14.7 Å². The lowest BCUT2D eigenvalue weighted by Gasteiger charge is -2.28. The maximum Gasteiger partial charge on any atom is 0.295 e. The Labute approximate surface area is 205 Å². The van der Waals surface area contributed by atoms with Crippen molar-refractivity contribution in [1.29, 1.82) is 0 Å². The average molecular weight is 487 g/mol. The molecule has 0 bridgehead atoms. The molecule has 1 heterocycles. The van der Waals surface area contributed by atoms with E-state index in [-0.39, 0.29) is 16.2 Å². The lowest BCUT2D eigenvalue weighted by atomic mass is 9.95. The number of Topliss-reactive ketones (excluding diaryl/α,β-unsaturated/α-hetero) is 1. The zero-order chi connectivity index (χ0) is 24.8. The molecule has 1 amide bonds. The first-order valence-electron chi connectivity index (χ1n) is 11.4. The minimum absolute atomic E-state index is 0.0633. The fraction of sp³-hybridized carbons (Fsp3) is 0.385. The van der Waals surface area contributed by atoms with Crippen LogP contribution in [0.4, 0.5) is 0 Å². The number of benzene rings is 2. The van der Waals surface area contributed by atoms with E-state index in [1.807, 2.05) is 0 Å². The van der Waals surface area contributed by atoms with E-state index in [1.165, 1.54) is 23.0 Å². The molecule has 1 fully saturated rings. The maximum absolute atomic E-state index is 13.5. The first-order valence-corrected chi connectivity index (χ1v) is 11.8. The van der Waals surface area contributed by atoms with Gasteiger partial charge in [0.15, 0.2) is 0 Å². The minimum Gasteiger partial charge on any atom is -0.872 e. The number of ether oxygens (including phenoxy) is 2. The number of carbonyl (C=O) groups excluding carboxylic acids is 2. The third-order valence-corrected chi connectivity index (χ3v) is 6.60. The van der Waals surface area contributed by atoms with Crippen LogP contribution in [0.3, 0.4) is 0 Å². The number of rotatable bonds is 10. The third kappa shape index (κ3) is 5.21. The van der Waals surface area contributed by atoms with Gasteiger partial charge in [0.2, 0.25) is 5.78 Å². The molecule has 182 valence electrons. The summed E-state index contributed by atoms with van der Waals surface area (Å²) in [6, 6.07) is 10.9. The largest absolute Gasteiger partial charge is 0.872 e. The van der Waals surface area contributed by atoms with Gasteiger partial charge in [-0.1, -0.05) is 35.6 Å². The molecule has 0 aliphatic carbocycles. The Morgan fingerprint density at radius 3 is 2.29 bits per heavy atom. The summed E-state index contributed by atoms with van der Waals surface area (Å²) in [7, 11) is 3.04. The molecule has 0 radical (unpaired) electrons. The molecule has 2 aromatic carbocycles. The summed E-state index contributed by atoms with van der Waals surface area (Å²) in [4.78, 5) is 29.1. The number of quaternary nitrogens is 1. The summed E-state index contributed by atoms with van der Waals surface area (Å²) in [6.45, 7) is 7.46. The van der Waals surface area contributed by atoms with Crippen molar-refractivity contribution in [3.05, 3.63) is 64.2 Å². The lowest BCUT2D eigenvalue weighted by molar-refractivity contribution is -0.896. The lowest BCUT2D eigenvalue weighted by Crippen LogP contribution is -3.11. The quantitative estimate of drug-likeness (QED) is 0.315. The first-order chi connectivity index (χ1) is 16.4. The van der Waals surface area contributed by atoms with E-state index in [1.54, 1.807) is 43.5 Å². The highest BCUT2D eigenvalue weighted by Gasteiger charge is 2.44. The van der Waals surface area contributed by atoms with Crippen LogP contribution in [0.2, 0.25) is 5.02 Å². The Hall–Kier alpha value is -3.03. The predicted molar refractivity (Wildman–Crippen MR) is 129 cm³/mol. The Morgan fingerprint density at radius 1 is 1.06 bits per heavy atom. The number of hydrogen-bond donors (Lipinski definition) is 1. The molecule has 1 unspecified atom stereocenters. The number of likely N-dealkylation sites (tertiary alicyclic amines) is 1. The molecular formula is C26H31ClN2O5. The highest BCUT2D eigenvalue weighted by Crippen LogP contribution is 2.40. The normalized spacial score (nSPS) is 17.5. The van der Waals surface area contributed by atoms with Crippen molar-refractivity contribution in [2.75, 3.05) is 40.4 Å². The first kappa shape index (κ1) is 25.6. The molecule has 8 heteroatoms. The molecule has 0 aromatic heterocycles. The van der Waals surface area contributed by atoms with Crippen LogP contribution in [-0.4, -0.2) is 57.0 Å². The van der Waals surface area contributed by atoms with Crippen LogP contribution in [0.25, 0.3) is 5.76 Å². The van der Waals surface area contributed by atoms with Crippen molar-refractivity contribution in [3.8, 4) is 11.5 Å². The second-order valence-corrected chi connectivity index (χ2v) is 8.56. The number of ketones is 1. The number of nitrogens with one attached hydrogen (secondary N) is 1. The molecule has 1 N–H and O–H groups in total. The van der Waals surface area contributed by atoms with E-state index in [4.69, 9.17) is 21.1 Å². The van der Waals surface area contributed by atoms with Gasteiger partial charge in [0.25, 0.3) is 5.91 Å². The van der Waals surface area contributed by atoms with E-state index in [0.717, 1.165) is 26.1 Å². The van der Waals surface area contributed by atoms with Crippen LogP contribution in [0.5, 0.6) is 11.5 Å². The fourth-order valence-corrected chi connectivity index (χ4v) is 4.56. The summed E-state index contributed by atoms with van der Waals surface area (Å²) in [5, 5.41) is 13.8. The highest BCUT2D eigenvalue weighted by atomic mass is 35.5. The number of hydrogen-bond acceptors (Lipinski definition) is 5. The topological polar surface area (TPSA) is 83.3 Å². The van der Waals surface area contributed by atoms with Crippen molar-refractivity contribution >= 4 is 29.1 Å². The Balaban J connectivity index is 2.05. The molecule has 0 spiro atoms. The molecular weight excluding hydrogens is 456 g/mol. The maximum atomic E-state index is 13.5. The van der Waals surface area contributed by atoms with Gasteiger partial charge in [-0.25, -0.2) is 0 Å². The fourth-order valence-electron chi connectivity index (χ4n) is 4.30. The van der Waals surface area contributed by atoms with Gasteiger partial charge in [-0.3, -0.25) is 9.59 Å². The monoisotopic (exact) mass is 486 g/mol. The molecule has 2 aromatic rings. The van der Waals surface area contributed by atoms with E-state index in [0.29, 0.717) is 23.6 Å². The van der Waals surface area contributed by atoms with Gasteiger partial charge in [-0.05, 0) is 49.2 Å². The Morgan fingerprint density at radius 2 is 1.74 bits per heavy atom. The molecule has 1 aliphatic heterocycles. The number of halogens is 1. The van der Waals surface area contributed by atoms with Gasteiger partial charge in [-0.2, -0.15) is 0 Å². The average Bonchev–Trinajstić information content (AvgIpc) is 3.11. The van der Waals surface area contributed by atoms with Crippen molar-refractivity contribution in [2.45, 2.75) is 26.3 Å². The van der Waals surface area contributed by atoms with Crippen molar-refractivity contribution < 1.29 is 29.1 Å². The van der Waals surface area contributed by atoms with Crippen LogP contribution >= 0.6 is 11.6 Å². The van der Waals surface area contributed by atoms with E-state index < -0.39 is 23.5 Å². The minimum atomic E-state index is -0.772. The summed E-state index contributed by atoms with van der Waals surface area (Å²) >= 11 is 6.22. The molecule has 1 saturated heterocycles. The predicted octanol–water partition coefficient (Wildman–Crippen LogP) is 1.90. The Bertz CT molecular complexity index is 1060. The van der Waals surface area contributed by atoms with Crippen molar-refractivity contribution in [2.24, 2.45) is 0 Å². The molecule has 1 aliphatic rings. The standard InChI is InChI=1S/C26H31ClN2O5/c1-5-28(6-2)14-7-15-29-23(17-8-11-19(33-3)12-9-17)22(25(31)26(29)32)24(30)18-10-13-21(34-4)20(27)16-18/h8-13,16,23,30H,5-7,14-15H2,1-4H3/b24-22+. The molecule has 0 saturated carbocycles. The van der Waals surface area contributed by atoms with Crippen molar-refractivity contribution in [1.82, 2.24) is 4.90 Å². The van der Waals surface area contributed by atoms with Crippen LogP contribution < -0.4 is 19.5 Å². The number of amides is 1. The molecule has 34 heavy (non-hydrogen) atoms. The van der Waals surface area contributed by atoms with Crippen LogP contribution in [0.15, 0.2) is 48.0 Å². The third-order valence-electron chi connectivity index (χ3n) is 6.30. The number of nitrogens with zero attached hydrogens (tertiary/aromatic N) is 1. The van der Waals surface area contributed by atoms with Gasteiger partial charge in [0.1, 0.15) is 11.5 Å². The summed E-state index contributed by atoms with van der Waals surface area (Å²) in [5.41, 5.74) is 0.847. The van der Waals surface area contributed by atoms with E-state index in [2.05, 4.69) is 13.8 Å². The zero-order valence-electron chi connectivity index (χ0n) is 20.0. The zero-order valence-corrected chi connectivity index (χ0v) is 20.8. The summed E-state index contributed by atoms with van der Waals surface area (Å²) in [6.07, 6.45) is 0.721. The SMILES string of the molecule is CC[NH+](CC)CCCN1C(=O)C(=O)/C(=C(/[O-])c2ccc(OC)c(Cl)c2)C1c1ccc(OC)cc1. The van der Waals surface area contributed by atoms with Gasteiger partial charge < -0.3 is 24.4 Å². The number of methoxy groups -OCH3 is 2. The number of carbonyl (C=O) groups is 2.